The summed E-state index contributed by atoms with van der Waals surface area (Å²) < 4.78 is 0. The van der Waals surface area contributed by atoms with Gasteiger partial charge in [-0.15, -0.1) is 22.7 Å². The van der Waals surface area contributed by atoms with E-state index in [4.69, 9.17) is 11.0 Å². The molecule has 0 aliphatic carbocycles. The van der Waals surface area contributed by atoms with Crippen molar-refractivity contribution in [1.82, 2.24) is 4.98 Å². The van der Waals surface area contributed by atoms with E-state index in [1.165, 1.54) is 11.3 Å². The standard InChI is InChI=1S/C12H13N3S2/c1-4-8-10(14)9(5-13)17-12(8)11-6(2)15-7(3)16-11/h4,14H2,1-3H3. The van der Waals surface area contributed by atoms with Crippen molar-refractivity contribution in [1.29, 1.82) is 5.26 Å². The molecule has 0 aliphatic rings. The van der Waals surface area contributed by atoms with Crippen LogP contribution in [0.4, 0.5) is 5.69 Å². The molecule has 0 spiro atoms. The number of aryl methyl sites for hydroxylation is 2. The summed E-state index contributed by atoms with van der Waals surface area (Å²) in [7, 11) is 0. The van der Waals surface area contributed by atoms with Gasteiger partial charge in [-0.25, -0.2) is 4.98 Å². The van der Waals surface area contributed by atoms with Crippen LogP contribution in [-0.2, 0) is 6.42 Å². The van der Waals surface area contributed by atoms with Crippen LogP contribution in [0.25, 0.3) is 9.75 Å². The molecule has 0 bridgehead atoms. The van der Waals surface area contributed by atoms with Gasteiger partial charge < -0.3 is 5.73 Å². The summed E-state index contributed by atoms with van der Waals surface area (Å²) in [6, 6.07) is 2.16. The first-order chi connectivity index (χ1) is 8.08. The number of nitrogens with zero attached hydrogens (tertiary/aromatic N) is 2. The van der Waals surface area contributed by atoms with Crippen LogP contribution in [0.1, 0.15) is 28.1 Å². The number of hydrogen-bond donors (Lipinski definition) is 1. The maximum absolute atomic E-state index is 9.04. The normalized spacial score (nSPS) is 10.5. The van der Waals surface area contributed by atoms with Crippen LogP contribution >= 0.6 is 22.7 Å². The summed E-state index contributed by atoms with van der Waals surface area (Å²) in [6.45, 7) is 6.06. The van der Waals surface area contributed by atoms with Gasteiger partial charge in [0.05, 0.1) is 26.1 Å². The van der Waals surface area contributed by atoms with E-state index >= 15 is 0 Å². The highest BCUT2D eigenvalue weighted by atomic mass is 32.1. The summed E-state index contributed by atoms with van der Waals surface area (Å²) in [6.07, 6.45) is 0.843. The highest BCUT2D eigenvalue weighted by Gasteiger charge is 2.19. The van der Waals surface area contributed by atoms with E-state index in [0.717, 1.165) is 32.4 Å². The number of hydrogen-bond acceptors (Lipinski definition) is 5. The Morgan fingerprint density at radius 2 is 2.00 bits per heavy atom. The Bertz CT molecular complexity index is 602. The van der Waals surface area contributed by atoms with E-state index in [-0.39, 0.29) is 0 Å². The van der Waals surface area contributed by atoms with Crippen molar-refractivity contribution in [2.45, 2.75) is 27.2 Å². The molecule has 2 N–H and O–H groups in total. The first-order valence-corrected chi connectivity index (χ1v) is 6.97. The van der Waals surface area contributed by atoms with Crippen LogP contribution < -0.4 is 5.73 Å². The fraction of sp³-hybridized carbons (Fsp3) is 0.333. The van der Waals surface area contributed by atoms with Gasteiger partial charge in [0, 0.05) is 0 Å². The summed E-state index contributed by atoms with van der Waals surface area (Å²) in [5.74, 6) is 0. The molecule has 5 heteroatoms. The average molecular weight is 263 g/mol. The SMILES string of the molecule is CCc1c(-c2sc(C)nc2C)sc(C#N)c1N. The Kier molecular flexibility index (Phi) is 3.18. The van der Waals surface area contributed by atoms with Crippen molar-refractivity contribution in [3.8, 4) is 15.8 Å². The number of nitriles is 1. The van der Waals surface area contributed by atoms with Crippen molar-refractivity contribution in [2.24, 2.45) is 0 Å². The third-order valence-corrected chi connectivity index (χ3v) is 5.00. The van der Waals surface area contributed by atoms with Crippen LogP contribution in [0, 0.1) is 25.2 Å². The third kappa shape index (κ3) is 1.94. The Labute approximate surface area is 109 Å². The second-order valence-corrected chi connectivity index (χ2v) is 5.99. The molecule has 2 aromatic rings. The molecule has 0 aromatic carbocycles. The van der Waals surface area contributed by atoms with Crippen LogP contribution in [0.3, 0.4) is 0 Å². The molecule has 0 unspecified atom stereocenters. The third-order valence-electron chi connectivity index (χ3n) is 2.61. The summed E-state index contributed by atoms with van der Waals surface area (Å²) >= 11 is 3.14. The first-order valence-electron chi connectivity index (χ1n) is 5.34. The number of thiophene rings is 1. The van der Waals surface area contributed by atoms with Gasteiger partial charge in [-0.1, -0.05) is 6.92 Å². The number of nitrogens with two attached hydrogens (primary N) is 1. The minimum Gasteiger partial charge on any atom is -0.397 e. The quantitative estimate of drug-likeness (QED) is 0.902. The lowest BCUT2D eigenvalue weighted by Crippen LogP contribution is -1.91. The van der Waals surface area contributed by atoms with Gasteiger partial charge in [-0.3, -0.25) is 0 Å². The highest BCUT2D eigenvalue weighted by Crippen LogP contribution is 2.42. The number of rotatable bonds is 2. The van der Waals surface area contributed by atoms with Gasteiger partial charge in [0.25, 0.3) is 0 Å². The Balaban J connectivity index is 2.68. The zero-order valence-electron chi connectivity index (χ0n) is 10.00. The predicted octanol–water partition coefficient (Wildman–Crippen LogP) is 3.50. The van der Waals surface area contributed by atoms with Crippen molar-refractivity contribution >= 4 is 28.4 Å². The molecule has 0 radical (unpaired) electrons. The molecule has 0 saturated heterocycles. The molecule has 0 aliphatic heterocycles. The van der Waals surface area contributed by atoms with Crippen molar-refractivity contribution in [3.63, 3.8) is 0 Å². The van der Waals surface area contributed by atoms with Crippen molar-refractivity contribution < 1.29 is 0 Å². The fourth-order valence-corrected chi connectivity index (χ4v) is 4.08. The molecule has 88 valence electrons. The van der Waals surface area contributed by atoms with E-state index in [1.807, 2.05) is 13.8 Å². The van der Waals surface area contributed by atoms with E-state index in [0.29, 0.717) is 10.6 Å². The molecular formula is C12H13N3S2. The summed E-state index contributed by atoms with van der Waals surface area (Å²) in [5.41, 5.74) is 8.73. The molecule has 17 heavy (non-hydrogen) atoms. The van der Waals surface area contributed by atoms with Gasteiger partial charge in [-0.05, 0) is 25.8 Å². The largest absolute Gasteiger partial charge is 0.397 e. The Morgan fingerprint density at radius 3 is 2.47 bits per heavy atom. The molecular weight excluding hydrogens is 250 g/mol. The lowest BCUT2D eigenvalue weighted by Gasteiger charge is -2.00. The molecule has 2 heterocycles. The minimum atomic E-state index is 0.613. The van der Waals surface area contributed by atoms with Gasteiger partial charge in [0.1, 0.15) is 10.9 Å². The molecule has 2 rings (SSSR count). The molecule has 0 amide bonds. The van der Waals surface area contributed by atoms with Crippen LogP contribution in [0.2, 0.25) is 0 Å². The number of anilines is 1. The predicted molar refractivity (Wildman–Crippen MR) is 73.4 cm³/mol. The maximum atomic E-state index is 9.04. The monoisotopic (exact) mass is 263 g/mol. The maximum Gasteiger partial charge on any atom is 0.128 e. The van der Waals surface area contributed by atoms with Crippen molar-refractivity contribution in [3.05, 3.63) is 21.1 Å². The number of aromatic nitrogens is 1. The van der Waals surface area contributed by atoms with Gasteiger partial charge in [-0.2, -0.15) is 5.26 Å². The topological polar surface area (TPSA) is 62.7 Å². The van der Waals surface area contributed by atoms with Crippen LogP contribution in [0.15, 0.2) is 0 Å². The molecule has 3 nitrogen and oxygen atoms in total. The minimum absolute atomic E-state index is 0.613. The zero-order chi connectivity index (χ0) is 12.6. The summed E-state index contributed by atoms with van der Waals surface area (Å²) in [5, 5.41) is 10.1. The van der Waals surface area contributed by atoms with Gasteiger partial charge in [0.2, 0.25) is 0 Å². The fourth-order valence-electron chi connectivity index (χ4n) is 1.84. The molecule has 2 aromatic heterocycles. The Morgan fingerprint density at radius 1 is 1.29 bits per heavy atom. The van der Waals surface area contributed by atoms with Crippen LogP contribution in [-0.4, -0.2) is 4.98 Å². The second kappa shape index (κ2) is 4.47. The van der Waals surface area contributed by atoms with Gasteiger partial charge >= 0.3 is 0 Å². The van der Waals surface area contributed by atoms with Crippen LogP contribution in [0.5, 0.6) is 0 Å². The average Bonchev–Trinajstić information content (AvgIpc) is 2.78. The zero-order valence-corrected chi connectivity index (χ0v) is 11.6. The van der Waals surface area contributed by atoms with E-state index in [2.05, 4.69) is 18.0 Å². The van der Waals surface area contributed by atoms with Crippen molar-refractivity contribution in [2.75, 3.05) is 5.73 Å². The van der Waals surface area contributed by atoms with E-state index < -0.39 is 0 Å². The molecule has 0 saturated carbocycles. The van der Waals surface area contributed by atoms with E-state index in [9.17, 15) is 0 Å². The Hall–Kier alpha value is -1.38. The second-order valence-electron chi connectivity index (χ2n) is 3.77. The number of thiazole rings is 1. The lowest BCUT2D eigenvalue weighted by molar-refractivity contribution is 1.16. The first kappa shape index (κ1) is 12.1. The van der Waals surface area contributed by atoms with Gasteiger partial charge in [0.15, 0.2) is 0 Å². The highest BCUT2D eigenvalue weighted by molar-refractivity contribution is 7.22. The van der Waals surface area contributed by atoms with E-state index in [1.54, 1.807) is 11.3 Å². The summed E-state index contributed by atoms with van der Waals surface area (Å²) in [4.78, 5) is 7.31. The smallest absolute Gasteiger partial charge is 0.128 e. The lowest BCUT2D eigenvalue weighted by atomic mass is 10.1. The molecule has 0 fully saturated rings. The number of nitrogen functional groups attached to an aromatic ring is 1. The molecule has 0 atom stereocenters.